The second kappa shape index (κ2) is 5.51. The van der Waals surface area contributed by atoms with Gasteiger partial charge in [-0.25, -0.2) is 0 Å². The third-order valence-corrected chi connectivity index (χ3v) is 4.93. The molecule has 0 radical (unpaired) electrons. The Morgan fingerprint density at radius 3 is 2.44 bits per heavy atom. The number of hydrogen-bond donors (Lipinski definition) is 1. The molecule has 1 fully saturated rings. The van der Waals surface area contributed by atoms with Crippen LogP contribution in [0.1, 0.15) is 46.0 Å². The van der Waals surface area contributed by atoms with Crippen LogP contribution >= 0.6 is 0 Å². The van der Waals surface area contributed by atoms with Crippen LogP contribution in [0, 0.1) is 0 Å². The minimum Gasteiger partial charge on any atom is -0.295 e. The molecular weight excluding hydrogens is 320 g/mol. The van der Waals surface area contributed by atoms with Crippen molar-refractivity contribution < 1.29 is 19.2 Å². The fourth-order valence-corrected chi connectivity index (χ4v) is 3.70. The Morgan fingerprint density at radius 1 is 1.04 bits per heavy atom. The molecule has 25 heavy (non-hydrogen) atoms. The largest absolute Gasteiger partial charge is 0.295 e. The lowest BCUT2D eigenvalue weighted by Gasteiger charge is -2.34. The Hall–Kier alpha value is -3.02. The Labute approximate surface area is 143 Å². The van der Waals surface area contributed by atoms with E-state index in [-0.39, 0.29) is 18.7 Å². The van der Waals surface area contributed by atoms with Gasteiger partial charge in [-0.05, 0) is 35.9 Å². The molecule has 2 aromatic carbocycles. The van der Waals surface area contributed by atoms with E-state index in [1.54, 1.807) is 18.2 Å². The second-order valence-electron chi connectivity index (χ2n) is 6.30. The number of piperidine rings is 1. The maximum absolute atomic E-state index is 13.0. The van der Waals surface area contributed by atoms with Gasteiger partial charge < -0.3 is 0 Å². The van der Waals surface area contributed by atoms with E-state index in [1.807, 2.05) is 19.1 Å². The van der Waals surface area contributed by atoms with Crippen molar-refractivity contribution in [2.75, 3.05) is 0 Å². The van der Waals surface area contributed by atoms with Crippen LogP contribution in [0.15, 0.2) is 30.3 Å². The molecule has 2 heterocycles. The van der Waals surface area contributed by atoms with Gasteiger partial charge >= 0.3 is 0 Å². The van der Waals surface area contributed by atoms with Crippen molar-refractivity contribution in [3.05, 3.63) is 47.0 Å². The van der Waals surface area contributed by atoms with Gasteiger partial charge in [0.05, 0.1) is 0 Å². The fraction of sp³-hybridized carbons (Fsp3) is 0.263. The van der Waals surface area contributed by atoms with Crippen LogP contribution in [0.3, 0.4) is 0 Å². The van der Waals surface area contributed by atoms with Crippen molar-refractivity contribution in [1.82, 2.24) is 10.2 Å². The zero-order chi connectivity index (χ0) is 17.7. The molecule has 1 saturated heterocycles. The van der Waals surface area contributed by atoms with Gasteiger partial charge in [-0.15, -0.1) is 0 Å². The summed E-state index contributed by atoms with van der Waals surface area (Å²) in [5.74, 6) is -1.94. The molecule has 1 unspecified atom stereocenters. The number of imide groups is 2. The molecule has 0 spiro atoms. The first-order valence-electron chi connectivity index (χ1n) is 8.29. The zero-order valence-corrected chi connectivity index (χ0v) is 13.7. The van der Waals surface area contributed by atoms with Gasteiger partial charge in [0.2, 0.25) is 11.8 Å². The van der Waals surface area contributed by atoms with Crippen LogP contribution in [0.5, 0.6) is 0 Å². The van der Waals surface area contributed by atoms with Gasteiger partial charge in [-0.3, -0.25) is 29.4 Å². The molecule has 6 heteroatoms. The number of aryl methyl sites for hydroxylation is 1. The van der Waals surface area contributed by atoms with Crippen molar-refractivity contribution in [3.8, 4) is 0 Å². The third-order valence-electron chi connectivity index (χ3n) is 4.93. The molecular formula is C19H16N2O4. The normalized spacial score (nSPS) is 20.2. The van der Waals surface area contributed by atoms with Gasteiger partial charge in [0.1, 0.15) is 6.04 Å². The number of carbonyl (C=O) groups is 4. The highest BCUT2D eigenvalue weighted by atomic mass is 16.2. The highest BCUT2D eigenvalue weighted by Crippen LogP contribution is 2.34. The monoisotopic (exact) mass is 336 g/mol. The van der Waals surface area contributed by atoms with E-state index >= 15 is 0 Å². The molecule has 0 aliphatic carbocycles. The summed E-state index contributed by atoms with van der Waals surface area (Å²) in [5, 5.41) is 3.75. The molecule has 6 nitrogen and oxygen atoms in total. The smallest absolute Gasteiger partial charge is 0.262 e. The van der Waals surface area contributed by atoms with Crippen molar-refractivity contribution in [1.29, 1.82) is 0 Å². The Bertz CT molecular complexity index is 941. The SMILES string of the molecule is CCc1ccc2c3c(cccc13)C(=O)N(C1CCC(=O)NC1=O)C2=O. The third kappa shape index (κ3) is 2.17. The van der Waals surface area contributed by atoms with E-state index < -0.39 is 23.8 Å². The molecule has 2 aliphatic heterocycles. The number of rotatable bonds is 2. The summed E-state index contributed by atoms with van der Waals surface area (Å²) in [4.78, 5) is 50.5. The van der Waals surface area contributed by atoms with Crippen molar-refractivity contribution >= 4 is 34.4 Å². The quantitative estimate of drug-likeness (QED) is 0.848. The van der Waals surface area contributed by atoms with E-state index in [0.29, 0.717) is 16.5 Å². The summed E-state index contributed by atoms with van der Waals surface area (Å²) >= 11 is 0. The van der Waals surface area contributed by atoms with Gasteiger partial charge in [0.25, 0.3) is 11.8 Å². The maximum Gasteiger partial charge on any atom is 0.262 e. The topological polar surface area (TPSA) is 83.6 Å². The van der Waals surface area contributed by atoms with E-state index in [9.17, 15) is 19.2 Å². The summed E-state index contributed by atoms with van der Waals surface area (Å²) in [6, 6.07) is 8.03. The van der Waals surface area contributed by atoms with Crippen LogP contribution in [-0.4, -0.2) is 34.6 Å². The number of benzene rings is 2. The molecule has 2 aliphatic rings. The minimum atomic E-state index is -0.952. The number of nitrogens with zero attached hydrogens (tertiary/aromatic N) is 1. The van der Waals surface area contributed by atoms with Crippen LogP contribution in [0.2, 0.25) is 0 Å². The standard InChI is InChI=1S/C19H16N2O4/c1-2-10-6-7-13-16-11(10)4-3-5-12(16)18(24)21(19(13)25)14-8-9-15(22)20-17(14)23/h3-7,14H,2,8-9H2,1H3,(H,20,22,23). The van der Waals surface area contributed by atoms with Gasteiger partial charge in [0.15, 0.2) is 0 Å². The molecule has 4 amide bonds. The van der Waals surface area contributed by atoms with E-state index in [0.717, 1.165) is 22.3 Å². The Morgan fingerprint density at radius 2 is 1.76 bits per heavy atom. The number of nitrogens with one attached hydrogen (secondary N) is 1. The van der Waals surface area contributed by atoms with Crippen molar-refractivity contribution in [2.45, 2.75) is 32.2 Å². The van der Waals surface area contributed by atoms with Crippen molar-refractivity contribution in [2.24, 2.45) is 0 Å². The van der Waals surface area contributed by atoms with E-state index in [2.05, 4.69) is 5.32 Å². The number of carbonyl (C=O) groups excluding carboxylic acids is 4. The Kier molecular flexibility index (Phi) is 3.42. The molecule has 4 rings (SSSR count). The molecule has 0 saturated carbocycles. The average molecular weight is 336 g/mol. The summed E-state index contributed by atoms with van der Waals surface area (Å²) in [5.41, 5.74) is 1.91. The Balaban J connectivity index is 1.88. The lowest BCUT2D eigenvalue weighted by molar-refractivity contribution is -0.136. The molecule has 1 N–H and O–H groups in total. The number of hydrogen-bond acceptors (Lipinski definition) is 4. The van der Waals surface area contributed by atoms with Crippen LogP contribution < -0.4 is 5.32 Å². The predicted octanol–water partition coefficient (Wildman–Crippen LogP) is 1.80. The highest BCUT2D eigenvalue weighted by Gasteiger charge is 2.42. The van der Waals surface area contributed by atoms with Crippen molar-refractivity contribution in [3.63, 3.8) is 0 Å². The fourth-order valence-electron chi connectivity index (χ4n) is 3.70. The minimum absolute atomic E-state index is 0.110. The highest BCUT2D eigenvalue weighted by molar-refractivity contribution is 6.27. The summed E-state index contributed by atoms with van der Waals surface area (Å²) in [7, 11) is 0. The van der Waals surface area contributed by atoms with Gasteiger partial charge in [-0.2, -0.15) is 0 Å². The molecule has 0 bridgehead atoms. The average Bonchev–Trinajstić information content (AvgIpc) is 2.61. The van der Waals surface area contributed by atoms with Gasteiger partial charge in [0, 0.05) is 22.9 Å². The van der Waals surface area contributed by atoms with E-state index in [1.165, 1.54) is 0 Å². The maximum atomic E-state index is 13.0. The van der Waals surface area contributed by atoms with Gasteiger partial charge in [-0.1, -0.05) is 25.1 Å². The zero-order valence-electron chi connectivity index (χ0n) is 13.7. The first kappa shape index (κ1) is 15.5. The van der Waals surface area contributed by atoms with Crippen LogP contribution in [-0.2, 0) is 16.0 Å². The second-order valence-corrected chi connectivity index (χ2v) is 6.30. The molecule has 1 atom stereocenters. The predicted molar refractivity (Wildman–Crippen MR) is 90.0 cm³/mol. The van der Waals surface area contributed by atoms with Crippen LogP contribution in [0.4, 0.5) is 0 Å². The first-order chi connectivity index (χ1) is 12.0. The van der Waals surface area contributed by atoms with Crippen LogP contribution in [0.25, 0.3) is 10.8 Å². The summed E-state index contributed by atoms with van der Waals surface area (Å²) < 4.78 is 0. The molecule has 2 aromatic rings. The first-order valence-corrected chi connectivity index (χ1v) is 8.29. The molecule has 0 aromatic heterocycles. The lowest BCUT2D eigenvalue weighted by Crippen LogP contribution is -2.57. The van der Waals surface area contributed by atoms with E-state index in [4.69, 9.17) is 0 Å². The lowest BCUT2D eigenvalue weighted by atomic mass is 9.89. The summed E-state index contributed by atoms with van der Waals surface area (Å²) in [6.45, 7) is 2.02. The molecule has 126 valence electrons. The summed E-state index contributed by atoms with van der Waals surface area (Å²) in [6.07, 6.45) is 1.05. The number of amides is 4.